The third kappa shape index (κ3) is 4.35. The Morgan fingerprint density at radius 2 is 2.06 bits per heavy atom. The first-order chi connectivity index (χ1) is 7.76. The topological polar surface area (TPSA) is 55.1 Å². The lowest BCUT2D eigenvalue weighted by molar-refractivity contribution is -0.115. The molecule has 3 N–H and O–H groups in total. The Balaban J connectivity index is 2.61. The highest BCUT2D eigenvalue weighted by Crippen LogP contribution is 2.09. The van der Waals surface area contributed by atoms with Crippen LogP contribution in [0.4, 0.5) is 5.69 Å². The molecular weight excluding hydrogens is 224 g/mol. The lowest BCUT2D eigenvalue weighted by atomic mass is 10.2. The number of nitrogens with two attached hydrogens (primary N) is 1. The molecule has 0 aliphatic carbocycles. The van der Waals surface area contributed by atoms with Gasteiger partial charge in [0.25, 0.3) is 0 Å². The average Bonchev–Trinajstić information content (AvgIpc) is 2.28. The van der Waals surface area contributed by atoms with Gasteiger partial charge in [-0.3, -0.25) is 4.79 Å². The molecular formula is C12H13ClN2O. The number of anilines is 1. The van der Waals surface area contributed by atoms with Gasteiger partial charge in [0.15, 0.2) is 0 Å². The first-order valence-electron chi connectivity index (χ1n) is 4.91. The zero-order valence-electron chi connectivity index (χ0n) is 8.79. The van der Waals surface area contributed by atoms with Gasteiger partial charge >= 0.3 is 0 Å². The molecule has 1 amide bonds. The standard InChI is InChI=1S/C12H13ClN2O/c13-8-7-12(16)15-11-5-3-10(4-6-11)2-1-9-14/h3-6H,7-9,14H2,(H,15,16). The third-order valence-electron chi connectivity index (χ3n) is 1.82. The van der Waals surface area contributed by atoms with Crippen LogP contribution in [-0.2, 0) is 4.79 Å². The van der Waals surface area contributed by atoms with Gasteiger partial charge in [-0.05, 0) is 24.3 Å². The number of halogens is 1. The van der Waals surface area contributed by atoms with Crippen molar-refractivity contribution in [1.82, 2.24) is 0 Å². The van der Waals surface area contributed by atoms with E-state index in [2.05, 4.69) is 17.2 Å². The van der Waals surface area contributed by atoms with Crippen molar-refractivity contribution in [3.05, 3.63) is 29.8 Å². The van der Waals surface area contributed by atoms with Gasteiger partial charge in [0.05, 0.1) is 6.54 Å². The Kier molecular flexibility index (Phi) is 5.41. The number of nitrogens with one attached hydrogen (secondary N) is 1. The molecule has 0 heterocycles. The molecule has 0 spiro atoms. The van der Waals surface area contributed by atoms with Crippen molar-refractivity contribution in [2.45, 2.75) is 6.42 Å². The fraction of sp³-hybridized carbons (Fsp3) is 0.250. The van der Waals surface area contributed by atoms with Crippen molar-refractivity contribution < 1.29 is 4.79 Å². The van der Waals surface area contributed by atoms with Crippen molar-refractivity contribution in [2.24, 2.45) is 5.73 Å². The minimum atomic E-state index is -0.0872. The van der Waals surface area contributed by atoms with Gasteiger partial charge in [-0.2, -0.15) is 0 Å². The molecule has 0 fully saturated rings. The SMILES string of the molecule is NCC#Cc1ccc(NC(=O)CCCl)cc1. The first-order valence-corrected chi connectivity index (χ1v) is 5.44. The van der Waals surface area contributed by atoms with Crippen molar-refractivity contribution in [3.63, 3.8) is 0 Å². The van der Waals surface area contributed by atoms with E-state index >= 15 is 0 Å². The minimum absolute atomic E-state index is 0.0872. The summed E-state index contributed by atoms with van der Waals surface area (Å²) in [6.07, 6.45) is 0.316. The Morgan fingerprint density at radius 3 is 2.62 bits per heavy atom. The maximum absolute atomic E-state index is 11.2. The first kappa shape index (κ1) is 12.6. The molecule has 1 rings (SSSR count). The highest BCUT2D eigenvalue weighted by Gasteiger charge is 2.00. The second kappa shape index (κ2) is 6.89. The molecule has 0 atom stereocenters. The molecule has 0 aliphatic heterocycles. The van der Waals surface area contributed by atoms with Crippen LogP contribution in [0.15, 0.2) is 24.3 Å². The van der Waals surface area contributed by atoms with Crippen LogP contribution in [0, 0.1) is 11.8 Å². The van der Waals surface area contributed by atoms with Gasteiger partial charge in [-0.1, -0.05) is 11.8 Å². The van der Waals surface area contributed by atoms with Crippen LogP contribution >= 0.6 is 11.6 Å². The highest BCUT2D eigenvalue weighted by molar-refractivity contribution is 6.19. The molecule has 0 saturated heterocycles. The van der Waals surface area contributed by atoms with Crippen LogP contribution in [0.2, 0.25) is 0 Å². The van der Waals surface area contributed by atoms with E-state index in [1.54, 1.807) is 12.1 Å². The maximum Gasteiger partial charge on any atom is 0.225 e. The zero-order valence-corrected chi connectivity index (χ0v) is 9.55. The number of amides is 1. The summed E-state index contributed by atoms with van der Waals surface area (Å²) in [4.78, 5) is 11.2. The van der Waals surface area contributed by atoms with Crippen LogP contribution in [0.3, 0.4) is 0 Å². The van der Waals surface area contributed by atoms with Crippen LogP contribution in [-0.4, -0.2) is 18.3 Å². The number of alkyl halides is 1. The van der Waals surface area contributed by atoms with Crippen LogP contribution < -0.4 is 11.1 Å². The molecule has 3 nitrogen and oxygen atoms in total. The third-order valence-corrected chi connectivity index (χ3v) is 2.01. The summed E-state index contributed by atoms with van der Waals surface area (Å²) in [6, 6.07) is 7.26. The van der Waals surface area contributed by atoms with Gasteiger partial charge in [0.1, 0.15) is 0 Å². The number of carbonyl (C=O) groups excluding carboxylic acids is 1. The Morgan fingerprint density at radius 1 is 1.38 bits per heavy atom. The lowest BCUT2D eigenvalue weighted by Crippen LogP contribution is -2.11. The summed E-state index contributed by atoms with van der Waals surface area (Å²) in [7, 11) is 0. The molecule has 0 bridgehead atoms. The quantitative estimate of drug-likeness (QED) is 0.618. The fourth-order valence-corrected chi connectivity index (χ4v) is 1.27. The van der Waals surface area contributed by atoms with E-state index in [1.807, 2.05) is 12.1 Å². The van der Waals surface area contributed by atoms with E-state index in [0.717, 1.165) is 11.3 Å². The molecule has 4 heteroatoms. The van der Waals surface area contributed by atoms with Gasteiger partial charge in [0.2, 0.25) is 5.91 Å². The van der Waals surface area contributed by atoms with E-state index in [9.17, 15) is 4.79 Å². The molecule has 1 aromatic rings. The Labute approximate surface area is 100.0 Å². The highest BCUT2D eigenvalue weighted by atomic mass is 35.5. The summed E-state index contributed by atoms with van der Waals surface area (Å²) in [6.45, 7) is 0.341. The zero-order chi connectivity index (χ0) is 11.8. The molecule has 0 unspecified atom stereocenters. The molecule has 16 heavy (non-hydrogen) atoms. The van der Waals surface area contributed by atoms with Crippen molar-refractivity contribution in [3.8, 4) is 11.8 Å². The summed E-state index contributed by atoms with van der Waals surface area (Å²) in [5, 5.41) is 2.73. The van der Waals surface area contributed by atoms with Crippen molar-refractivity contribution in [1.29, 1.82) is 0 Å². The average molecular weight is 237 g/mol. The predicted molar refractivity (Wildman–Crippen MR) is 66.3 cm³/mol. The molecule has 0 saturated carbocycles. The number of rotatable bonds is 3. The molecule has 0 aromatic heterocycles. The lowest BCUT2D eigenvalue weighted by Gasteiger charge is -2.03. The van der Waals surface area contributed by atoms with E-state index in [1.165, 1.54) is 0 Å². The van der Waals surface area contributed by atoms with Gasteiger partial charge in [-0.25, -0.2) is 0 Å². The maximum atomic E-state index is 11.2. The van der Waals surface area contributed by atoms with E-state index in [4.69, 9.17) is 17.3 Å². The smallest absolute Gasteiger partial charge is 0.225 e. The predicted octanol–water partition coefficient (Wildman–Crippen LogP) is 1.56. The van der Waals surface area contributed by atoms with Crippen molar-refractivity contribution in [2.75, 3.05) is 17.7 Å². The summed E-state index contributed by atoms with van der Waals surface area (Å²) in [5.74, 6) is 5.90. The van der Waals surface area contributed by atoms with Crippen molar-refractivity contribution >= 4 is 23.2 Å². The second-order valence-electron chi connectivity index (χ2n) is 3.07. The van der Waals surface area contributed by atoms with Crippen LogP contribution in [0.5, 0.6) is 0 Å². The number of benzene rings is 1. The number of hydrogen-bond donors (Lipinski definition) is 2. The number of hydrogen-bond acceptors (Lipinski definition) is 2. The fourth-order valence-electron chi connectivity index (χ4n) is 1.10. The van der Waals surface area contributed by atoms with Crippen LogP contribution in [0.25, 0.3) is 0 Å². The summed E-state index contributed by atoms with van der Waals surface area (Å²) < 4.78 is 0. The van der Waals surface area contributed by atoms with E-state index < -0.39 is 0 Å². The van der Waals surface area contributed by atoms with Gasteiger partial charge in [-0.15, -0.1) is 11.6 Å². The van der Waals surface area contributed by atoms with E-state index in [0.29, 0.717) is 18.8 Å². The normalized spacial score (nSPS) is 9.12. The molecule has 84 valence electrons. The largest absolute Gasteiger partial charge is 0.326 e. The van der Waals surface area contributed by atoms with E-state index in [-0.39, 0.29) is 5.91 Å². The summed E-state index contributed by atoms with van der Waals surface area (Å²) in [5.41, 5.74) is 6.88. The Bertz CT molecular complexity index is 403. The van der Waals surface area contributed by atoms with Gasteiger partial charge in [0, 0.05) is 23.6 Å². The summed E-state index contributed by atoms with van der Waals surface area (Å²) >= 11 is 5.45. The van der Waals surface area contributed by atoms with Crippen LogP contribution in [0.1, 0.15) is 12.0 Å². The second-order valence-corrected chi connectivity index (χ2v) is 3.45. The van der Waals surface area contributed by atoms with Gasteiger partial charge < -0.3 is 11.1 Å². The molecule has 0 aliphatic rings. The monoisotopic (exact) mass is 236 g/mol. The molecule has 0 radical (unpaired) electrons. The Hall–Kier alpha value is -1.50. The molecule has 1 aromatic carbocycles. The number of carbonyl (C=O) groups is 1. The minimum Gasteiger partial charge on any atom is -0.326 e.